The first-order chi connectivity index (χ1) is 18.3. The van der Waals surface area contributed by atoms with Gasteiger partial charge in [0, 0.05) is 0 Å². The van der Waals surface area contributed by atoms with Gasteiger partial charge < -0.3 is 0 Å². The van der Waals surface area contributed by atoms with Gasteiger partial charge in [-0.3, -0.25) is 0 Å². The highest BCUT2D eigenvalue weighted by atomic mass is 14.4. The van der Waals surface area contributed by atoms with Gasteiger partial charge in [-0.15, -0.1) is 0 Å². The molecule has 1 radical (unpaired) electrons. The fourth-order valence-electron chi connectivity index (χ4n) is 6.05. The molecule has 0 N–H and O–H groups in total. The molecule has 0 atom stereocenters. The van der Waals surface area contributed by atoms with E-state index in [9.17, 15) is 0 Å². The Morgan fingerprint density at radius 1 is 0.432 bits per heavy atom. The maximum Gasteiger partial charge on any atom is 0.0654 e. The molecule has 175 valence electrons. The highest BCUT2D eigenvalue weighted by Crippen LogP contribution is 2.56. The van der Waals surface area contributed by atoms with E-state index in [1.807, 2.05) is 0 Å². The van der Waals surface area contributed by atoms with E-state index < -0.39 is 0 Å². The van der Waals surface area contributed by atoms with E-state index in [2.05, 4.69) is 141 Å². The number of allylic oxidation sites excluding steroid dienone is 3. The van der Waals surface area contributed by atoms with Crippen LogP contribution in [0.4, 0.5) is 0 Å². The fourth-order valence-corrected chi connectivity index (χ4v) is 6.05. The molecule has 0 saturated heterocycles. The first-order valence-corrected chi connectivity index (χ1v) is 13.0. The van der Waals surface area contributed by atoms with Crippen LogP contribution in [0.3, 0.4) is 0 Å². The Hall–Kier alpha value is -4.42. The summed E-state index contributed by atoms with van der Waals surface area (Å²) in [5, 5.41) is 0. The molecule has 5 aromatic carbocycles. The quantitative estimate of drug-likeness (QED) is 0.241. The topological polar surface area (TPSA) is 0 Å². The van der Waals surface area contributed by atoms with Crippen molar-refractivity contribution in [2.24, 2.45) is 0 Å². The van der Waals surface area contributed by atoms with Gasteiger partial charge in [-0.25, -0.2) is 0 Å². The third-order valence-corrected chi connectivity index (χ3v) is 7.93. The van der Waals surface area contributed by atoms with E-state index in [-0.39, 0.29) is 0 Å². The molecule has 0 unspecified atom stereocenters. The molecule has 2 aliphatic carbocycles. The predicted octanol–water partition coefficient (Wildman–Crippen LogP) is 9.70. The highest BCUT2D eigenvalue weighted by Gasteiger charge is 2.36. The van der Waals surface area contributed by atoms with Crippen LogP contribution in [-0.4, -0.2) is 0 Å². The van der Waals surface area contributed by atoms with Gasteiger partial charge in [-0.1, -0.05) is 127 Å². The molecule has 0 bridgehead atoms. The molecule has 37 heavy (non-hydrogen) atoms. The zero-order valence-electron chi connectivity index (χ0n) is 21.1. The van der Waals surface area contributed by atoms with Crippen molar-refractivity contribution in [3.8, 4) is 22.3 Å². The molecule has 0 amide bonds. The van der Waals surface area contributed by atoms with Crippen LogP contribution in [0, 0.1) is 5.92 Å². The standard InChI is InChI=1S/C37H27/c1-3-24(2)25-20-22-26(23-21-25)35(36-31-16-8-4-12-27(31)28-13-5-9-17-32(28)36)37-33-18-10-6-14-29(33)30-15-7-11-19-34(30)37/h3-23H,1-2H3/b24-3-. The Morgan fingerprint density at radius 3 is 1.22 bits per heavy atom. The molecule has 0 spiro atoms. The second kappa shape index (κ2) is 8.61. The lowest BCUT2D eigenvalue weighted by atomic mass is 9.79. The van der Waals surface area contributed by atoms with Crippen molar-refractivity contribution in [3.63, 3.8) is 0 Å². The summed E-state index contributed by atoms with van der Waals surface area (Å²) in [4.78, 5) is 0. The van der Waals surface area contributed by atoms with E-state index in [0.717, 1.165) is 0 Å². The van der Waals surface area contributed by atoms with Gasteiger partial charge in [0.05, 0.1) is 5.92 Å². The van der Waals surface area contributed by atoms with Crippen LogP contribution in [0.2, 0.25) is 0 Å². The van der Waals surface area contributed by atoms with Crippen molar-refractivity contribution in [2.75, 3.05) is 0 Å². The van der Waals surface area contributed by atoms with Crippen LogP contribution >= 0.6 is 0 Å². The normalized spacial score (nSPS) is 13.7. The average Bonchev–Trinajstić information content (AvgIpc) is 3.47. The third kappa shape index (κ3) is 3.29. The lowest BCUT2D eigenvalue weighted by Crippen LogP contribution is -2.05. The van der Waals surface area contributed by atoms with E-state index >= 15 is 0 Å². The van der Waals surface area contributed by atoms with Crippen LogP contribution in [0.15, 0.2) is 127 Å². The van der Waals surface area contributed by atoms with E-state index in [4.69, 9.17) is 0 Å². The van der Waals surface area contributed by atoms with Gasteiger partial charge in [0.1, 0.15) is 0 Å². The van der Waals surface area contributed by atoms with Gasteiger partial charge in [0.15, 0.2) is 0 Å². The Bertz CT molecular complexity index is 1630. The molecule has 2 aliphatic rings. The number of rotatable bonds is 3. The van der Waals surface area contributed by atoms with E-state index in [1.165, 1.54) is 78.3 Å². The van der Waals surface area contributed by atoms with E-state index in [0.29, 0.717) is 0 Å². The molecule has 0 nitrogen and oxygen atoms in total. The van der Waals surface area contributed by atoms with Crippen LogP contribution in [0.5, 0.6) is 0 Å². The minimum atomic E-state index is 1.25. The maximum absolute atomic E-state index is 2.31. The lowest BCUT2D eigenvalue weighted by Gasteiger charge is -2.22. The number of benzene rings is 5. The average molecular weight is 472 g/mol. The van der Waals surface area contributed by atoms with Gasteiger partial charge in [-0.05, 0) is 86.2 Å². The van der Waals surface area contributed by atoms with Crippen molar-refractivity contribution >= 4 is 16.7 Å². The van der Waals surface area contributed by atoms with Crippen molar-refractivity contribution in [2.45, 2.75) is 13.8 Å². The van der Waals surface area contributed by atoms with Crippen molar-refractivity contribution in [3.05, 3.63) is 167 Å². The zero-order chi connectivity index (χ0) is 24.9. The lowest BCUT2D eigenvalue weighted by molar-refractivity contribution is 1.36. The first kappa shape index (κ1) is 21.8. The number of hydrogen-bond acceptors (Lipinski definition) is 0. The molecular formula is C37H27. The minimum absolute atomic E-state index is 1.25. The monoisotopic (exact) mass is 471 g/mol. The molecule has 7 rings (SSSR count). The Labute approximate surface area is 219 Å². The van der Waals surface area contributed by atoms with Crippen molar-refractivity contribution < 1.29 is 0 Å². The van der Waals surface area contributed by atoms with Crippen LogP contribution in [-0.2, 0) is 0 Å². The zero-order valence-corrected chi connectivity index (χ0v) is 21.1. The summed E-state index contributed by atoms with van der Waals surface area (Å²) < 4.78 is 0. The molecule has 0 fully saturated rings. The van der Waals surface area contributed by atoms with Crippen LogP contribution < -0.4 is 0 Å². The fraction of sp³-hybridized carbons (Fsp3) is 0.0541. The number of fused-ring (bicyclic) bond motifs is 6. The summed E-state index contributed by atoms with van der Waals surface area (Å²) in [5.74, 6) is 1.32. The van der Waals surface area contributed by atoms with E-state index in [1.54, 1.807) is 0 Å². The second-order valence-electron chi connectivity index (χ2n) is 9.86. The summed E-state index contributed by atoms with van der Waals surface area (Å²) in [6.07, 6.45) is 2.18. The molecule has 0 aromatic heterocycles. The third-order valence-electron chi connectivity index (χ3n) is 7.93. The predicted molar refractivity (Wildman–Crippen MR) is 157 cm³/mol. The molecule has 0 aliphatic heterocycles. The van der Waals surface area contributed by atoms with Crippen molar-refractivity contribution in [1.82, 2.24) is 0 Å². The van der Waals surface area contributed by atoms with Crippen LogP contribution in [0.1, 0.15) is 47.2 Å². The largest absolute Gasteiger partial charge is 0.0841 e. The molecule has 0 saturated carbocycles. The van der Waals surface area contributed by atoms with Gasteiger partial charge in [0.25, 0.3) is 0 Å². The Morgan fingerprint density at radius 2 is 0.784 bits per heavy atom. The minimum Gasteiger partial charge on any atom is -0.0841 e. The highest BCUT2D eigenvalue weighted by molar-refractivity contribution is 6.16. The summed E-state index contributed by atoms with van der Waals surface area (Å²) in [6, 6.07) is 44.6. The smallest absolute Gasteiger partial charge is 0.0654 e. The van der Waals surface area contributed by atoms with Gasteiger partial charge in [-0.2, -0.15) is 0 Å². The van der Waals surface area contributed by atoms with Gasteiger partial charge >= 0.3 is 0 Å². The molecule has 5 aromatic rings. The summed E-state index contributed by atoms with van der Waals surface area (Å²) in [6.45, 7) is 4.28. The summed E-state index contributed by atoms with van der Waals surface area (Å²) in [7, 11) is 0. The SMILES string of the molecule is C/C=C(/C)c1ccc(C([C]2c3ccccc3-c3ccccc32)=C2c3ccccc3-c3ccccc32)cc1. The second-order valence-corrected chi connectivity index (χ2v) is 9.86. The van der Waals surface area contributed by atoms with Crippen LogP contribution in [0.25, 0.3) is 39.0 Å². The number of hydrogen-bond donors (Lipinski definition) is 0. The Kier molecular flexibility index (Phi) is 5.08. The molecular weight excluding hydrogens is 444 g/mol. The maximum atomic E-state index is 2.31. The first-order valence-electron chi connectivity index (χ1n) is 13.0. The molecule has 0 heteroatoms. The molecule has 0 heterocycles. The van der Waals surface area contributed by atoms with Gasteiger partial charge in [0.2, 0.25) is 0 Å². The van der Waals surface area contributed by atoms with Crippen molar-refractivity contribution in [1.29, 1.82) is 0 Å². The Balaban J connectivity index is 1.59. The summed E-state index contributed by atoms with van der Waals surface area (Å²) in [5.41, 5.74) is 16.9. The summed E-state index contributed by atoms with van der Waals surface area (Å²) >= 11 is 0.